The second kappa shape index (κ2) is 9.98. The average Bonchev–Trinajstić information content (AvgIpc) is 3.20. The molecular weight excluding hydrogens is 392 g/mol. The minimum absolute atomic E-state index is 0.591. The molecule has 3 aromatic carbocycles. The summed E-state index contributed by atoms with van der Waals surface area (Å²) in [7, 11) is 0. The molecule has 0 fully saturated rings. The van der Waals surface area contributed by atoms with Crippen molar-refractivity contribution in [1.29, 1.82) is 0 Å². The van der Waals surface area contributed by atoms with E-state index in [2.05, 4.69) is 51.3 Å². The van der Waals surface area contributed by atoms with E-state index in [-0.39, 0.29) is 0 Å². The van der Waals surface area contributed by atoms with Gasteiger partial charge in [-0.15, -0.1) is 10.2 Å². The quantitative estimate of drug-likeness (QED) is 0.294. The van der Waals surface area contributed by atoms with Crippen LogP contribution in [0.5, 0.6) is 5.75 Å². The van der Waals surface area contributed by atoms with Crippen molar-refractivity contribution in [2.45, 2.75) is 18.6 Å². The van der Waals surface area contributed by atoms with Crippen molar-refractivity contribution in [2.24, 2.45) is 0 Å². The van der Waals surface area contributed by atoms with Gasteiger partial charge in [0.2, 0.25) is 0 Å². The molecular formula is C24H24N4OS. The topological polar surface area (TPSA) is 52.0 Å². The van der Waals surface area contributed by atoms with Crippen LogP contribution in [0.25, 0.3) is 5.69 Å². The number of anilines is 1. The number of ether oxygens (including phenoxy) is 1. The van der Waals surface area contributed by atoms with Crippen molar-refractivity contribution in [3.63, 3.8) is 0 Å². The predicted octanol–water partition coefficient (Wildman–Crippen LogP) is 5.36. The molecule has 1 heterocycles. The van der Waals surface area contributed by atoms with Gasteiger partial charge >= 0.3 is 0 Å². The first-order chi connectivity index (χ1) is 14.8. The molecule has 0 saturated carbocycles. The fraction of sp³-hybridized carbons (Fsp3) is 0.167. The van der Waals surface area contributed by atoms with Gasteiger partial charge in [0, 0.05) is 17.1 Å². The number of hydrogen-bond donors (Lipinski definition) is 1. The van der Waals surface area contributed by atoms with E-state index >= 15 is 0 Å². The molecule has 0 aliphatic rings. The Hall–Kier alpha value is -3.25. The second-order valence-electron chi connectivity index (χ2n) is 6.75. The fourth-order valence-electron chi connectivity index (χ4n) is 3.10. The number of nitrogens with zero attached hydrogens (tertiary/aromatic N) is 3. The summed E-state index contributed by atoms with van der Waals surface area (Å²) in [5.41, 5.74) is 3.36. The van der Waals surface area contributed by atoms with Gasteiger partial charge in [0.05, 0.1) is 13.2 Å². The van der Waals surface area contributed by atoms with E-state index in [0.717, 1.165) is 33.9 Å². The number of benzene rings is 3. The second-order valence-corrected chi connectivity index (χ2v) is 7.81. The highest BCUT2D eigenvalue weighted by Gasteiger charge is 2.14. The van der Waals surface area contributed by atoms with Gasteiger partial charge in [0.1, 0.15) is 5.75 Å². The highest BCUT2D eigenvalue weighted by Crippen LogP contribution is 2.23. The van der Waals surface area contributed by atoms with Crippen molar-refractivity contribution in [1.82, 2.24) is 14.8 Å². The van der Waals surface area contributed by atoms with E-state index in [9.17, 15) is 0 Å². The summed E-state index contributed by atoms with van der Waals surface area (Å²) in [5, 5.41) is 13.3. The zero-order valence-electron chi connectivity index (χ0n) is 16.9. The molecule has 0 spiro atoms. The van der Waals surface area contributed by atoms with Crippen LogP contribution in [0.15, 0.2) is 90.1 Å². The van der Waals surface area contributed by atoms with Crippen molar-refractivity contribution in [3.05, 3.63) is 96.3 Å². The Kier molecular flexibility index (Phi) is 6.67. The Bertz CT molecular complexity index is 1070. The van der Waals surface area contributed by atoms with Crippen LogP contribution in [0.4, 0.5) is 5.69 Å². The standard InChI is InChI=1S/C24H24N4OS/c1-19-10-8-9-15-22(19)25-18-23-26-27-24(28(23)20-11-4-2-5-12-20)30-17-16-29-21-13-6-3-7-14-21/h2-15,25H,16-18H2,1H3. The maximum absolute atomic E-state index is 5.81. The van der Waals surface area contributed by atoms with Crippen LogP contribution < -0.4 is 10.1 Å². The summed E-state index contributed by atoms with van der Waals surface area (Å²) >= 11 is 1.64. The van der Waals surface area contributed by atoms with Gasteiger partial charge in [-0.2, -0.15) is 0 Å². The fourth-order valence-corrected chi connectivity index (χ4v) is 3.89. The molecule has 6 heteroatoms. The van der Waals surface area contributed by atoms with E-state index in [0.29, 0.717) is 13.2 Å². The molecule has 0 atom stereocenters. The predicted molar refractivity (Wildman–Crippen MR) is 123 cm³/mol. The molecule has 1 N–H and O–H groups in total. The Morgan fingerprint density at radius 2 is 1.57 bits per heavy atom. The molecule has 0 aliphatic heterocycles. The summed E-state index contributed by atoms with van der Waals surface area (Å²) in [6.45, 7) is 3.29. The molecule has 5 nitrogen and oxygen atoms in total. The zero-order chi connectivity index (χ0) is 20.6. The molecule has 4 rings (SSSR count). The lowest BCUT2D eigenvalue weighted by Crippen LogP contribution is -2.09. The van der Waals surface area contributed by atoms with Gasteiger partial charge in [0.15, 0.2) is 11.0 Å². The van der Waals surface area contributed by atoms with Crippen LogP contribution in [-0.2, 0) is 6.54 Å². The van der Waals surface area contributed by atoms with Crippen LogP contribution in [0.1, 0.15) is 11.4 Å². The SMILES string of the molecule is Cc1ccccc1NCc1nnc(SCCOc2ccccc2)n1-c1ccccc1. The summed E-state index contributed by atoms with van der Waals surface area (Å²) in [4.78, 5) is 0. The lowest BCUT2D eigenvalue weighted by atomic mass is 10.2. The Morgan fingerprint density at radius 1 is 0.867 bits per heavy atom. The number of thioether (sulfide) groups is 1. The molecule has 0 radical (unpaired) electrons. The van der Waals surface area contributed by atoms with Gasteiger partial charge in [-0.1, -0.05) is 66.4 Å². The number of hydrogen-bond acceptors (Lipinski definition) is 5. The summed E-state index contributed by atoms with van der Waals surface area (Å²) in [6, 6.07) is 28.3. The van der Waals surface area contributed by atoms with E-state index < -0.39 is 0 Å². The molecule has 152 valence electrons. The first-order valence-corrected chi connectivity index (χ1v) is 10.9. The lowest BCUT2D eigenvalue weighted by molar-refractivity contribution is 0.344. The van der Waals surface area contributed by atoms with Gasteiger partial charge in [-0.3, -0.25) is 4.57 Å². The van der Waals surface area contributed by atoms with Crippen molar-refractivity contribution in [3.8, 4) is 11.4 Å². The summed E-state index contributed by atoms with van der Waals surface area (Å²) < 4.78 is 7.92. The van der Waals surface area contributed by atoms with E-state index in [1.165, 1.54) is 5.56 Å². The number of aryl methyl sites for hydroxylation is 1. The molecule has 1 aromatic heterocycles. The number of nitrogens with one attached hydrogen (secondary N) is 1. The minimum Gasteiger partial charge on any atom is -0.493 e. The average molecular weight is 417 g/mol. The molecule has 0 aliphatic carbocycles. The van der Waals surface area contributed by atoms with Crippen LogP contribution in [0.3, 0.4) is 0 Å². The van der Waals surface area contributed by atoms with Crippen molar-refractivity contribution in [2.75, 3.05) is 17.7 Å². The molecule has 0 amide bonds. The third-order valence-corrected chi connectivity index (χ3v) is 5.52. The van der Waals surface area contributed by atoms with Gasteiger partial charge in [-0.25, -0.2) is 0 Å². The van der Waals surface area contributed by atoms with Gasteiger partial charge < -0.3 is 10.1 Å². The summed E-state index contributed by atoms with van der Waals surface area (Å²) in [6.07, 6.45) is 0. The third kappa shape index (κ3) is 5.02. The maximum Gasteiger partial charge on any atom is 0.196 e. The Labute approximate surface area is 181 Å². The van der Waals surface area contributed by atoms with Crippen LogP contribution >= 0.6 is 11.8 Å². The van der Waals surface area contributed by atoms with Crippen LogP contribution in [0.2, 0.25) is 0 Å². The Morgan fingerprint density at radius 3 is 2.33 bits per heavy atom. The highest BCUT2D eigenvalue weighted by atomic mass is 32.2. The lowest BCUT2D eigenvalue weighted by Gasteiger charge is -2.12. The molecule has 0 bridgehead atoms. The normalized spacial score (nSPS) is 10.7. The minimum atomic E-state index is 0.591. The number of rotatable bonds is 9. The van der Waals surface area contributed by atoms with E-state index in [4.69, 9.17) is 4.74 Å². The largest absolute Gasteiger partial charge is 0.493 e. The van der Waals surface area contributed by atoms with Crippen LogP contribution in [0, 0.1) is 6.92 Å². The molecule has 0 saturated heterocycles. The number of aromatic nitrogens is 3. The molecule has 0 unspecified atom stereocenters. The van der Waals surface area contributed by atoms with Crippen molar-refractivity contribution >= 4 is 17.4 Å². The zero-order valence-corrected chi connectivity index (χ0v) is 17.7. The Balaban J connectivity index is 1.47. The third-order valence-electron chi connectivity index (χ3n) is 4.62. The monoisotopic (exact) mass is 416 g/mol. The maximum atomic E-state index is 5.81. The molecule has 30 heavy (non-hydrogen) atoms. The molecule has 4 aromatic rings. The van der Waals surface area contributed by atoms with E-state index in [1.54, 1.807) is 11.8 Å². The first-order valence-electron chi connectivity index (χ1n) is 9.91. The number of para-hydroxylation sites is 3. The van der Waals surface area contributed by atoms with Gasteiger partial charge in [0.25, 0.3) is 0 Å². The first kappa shape index (κ1) is 20.0. The smallest absolute Gasteiger partial charge is 0.196 e. The summed E-state index contributed by atoms with van der Waals surface area (Å²) in [5.74, 6) is 2.53. The van der Waals surface area contributed by atoms with E-state index in [1.807, 2.05) is 60.7 Å². The van der Waals surface area contributed by atoms with Crippen molar-refractivity contribution < 1.29 is 4.74 Å². The highest BCUT2D eigenvalue weighted by molar-refractivity contribution is 7.99. The van der Waals surface area contributed by atoms with Gasteiger partial charge in [-0.05, 0) is 42.8 Å². The van der Waals surface area contributed by atoms with Crippen LogP contribution in [-0.4, -0.2) is 27.1 Å².